The Kier molecular flexibility index (Phi) is 4.32. The van der Waals surface area contributed by atoms with Crippen molar-refractivity contribution in [2.45, 2.75) is 30.2 Å². The molecule has 1 fully saturated rings. The number of aliphatic carboxylic acids is 1. The highest BCUT2D eigenvalue weighted by atomic mass is 32.2. The average molecular weight is 311 g/mol. The monoisotopic (exact) mass is 311 g/mol. The molecule has 114 valence electrons. The van der Waals surface area contributed by atoms with Gasteiger partial charge in [0, 0.05) is 17.9 Å². The average Bonchev–Trinajstić information content (AvgIpc) is 3.20. The fourth-order valence-electron chi connectivity index (χ4n) is 2.13. The van der Waals surface area contributed by atoms with Crippen molar-refractivity contribution in [3.05, 3.63) is 29.8 Å². The summed E-state index contributed by atoms with van der Waals surface area (Å²) in [6.45, 7) is 0. The number of hydrogen-bond donors (Lipinski definition) is 2. The molecular weight excluding hydrogens is 294 g/mol. The van der Waals surface area contributed by atoms with Crippen LogP contribution in [0, 0.1) is 5.92 Å². The Labute approximate surface area is 123 Å². The Morgan fingerprint density at radius 1 is 1.29 bits per heavy atom. The molecule has 2 N–H and O–H groups in total. The minimum Gasteiger partial charge on any atom is -0.481 e. The molecule has 0 aliphatic heterocycles. The third-order valence-corrected chi connectivity index (χ3v) is 4.58. The highest BCUT2D eigenvalue weighted by molar-refractivity contribution is 7.90. The van der Waals surface area contributed by atoms with Gasteiger partial charge in [-0.25, -0.2) is 8.42 Å². The number of carboxylic acids is 1. The fraction of sp³-hybridized carbons (Fsp3) is 0.429. The van der Waals surface area contributed by atoms with Crippen LogP contribution in [0.3, 0.4) is 0 Å². The molecule has 0 bridgehead atoms. The Bertz CT molecular complexity index is 646. The summed E-state index contributed by atoms with van der Waals surface area (Å²) >= 11 is 0. The molecule has 1 atom stereocenters. The first-order valence-electron chi connectivity index (χ1n) is 6.60. The largest absolute Gasteiger partial charge is 0.481 e. The molecule has 1 saturated carbocycles. The minimum absolute atomic E-state index is 0.0994. The van der Waals surface area contributed by atoms with Gasteiger partial charge in [-0.3, -0.25) is 9.59 Å². The van der Waals surface area contributed by atoms with Gasteiger partial charge < -0.3 is 10.4 Å². The normalized spacial score (nSPS) is 16.2. The molecule has 1 aliphatic carbocycles. The lowest BCUT2D eigenvalue weighted by Crippen LogP contribution is -2.38. The molecule has 1 unspecified atom stereocenters. The Balaban J connectivity index is 2.07. The van der Waals surface area contributed by atoms with Gasteiger partial charge in [-0.2, -0.15) is 0 Å². The summed E-state index contributed by atoms with van der Waals surface area (Å²) in [7, 11) is -3.30. The standard InChI is InChI=1S/C14H17NO5S/c1-21(19,20)11-6-4-10(5-7-11)14(18)15-12(8-13(16)17)9-2-3-9/h4-7,9,12H,2-3,8H2,1H3,(H,15,18)(H,16,17). The van der Waals surface area contributed by atoms with Crippen molar-refractivity contribution in [1.82, 2.24) is 5.32 Å². The summed E-state index contributed by atoms with van der Waals surface area (Å²) in [4.78, 5) is 23.0. The summed E-state index contributed by atoms with van der Waals surface area (Å²) in [5.41, 5.74) is 0.318. The van der Waals surface area contributed by atoms with Crippen LogP contribution in [-0.4, -0.2) is 37.7 Å². The summed E-state index contributed by atoms with van der Waals surface area (Å²) in [5, 5.41) is 11.6. The van der Waals surface area contributed by atoms with Crippen molar-refractivity contribution < 1.29 is 23.1 Å². The summed E-state index contributed by atoms with van der Waals surface area (Å²) < 4.78 is 22.7. The van der Waals surface area contributed by atoms with Gasteiger partial charge in [0.25, 0.3) is 5.91 Å². The summed E-state index contributed by atoms with van der Waals surface area (Å²) in [5.74, 6) is -1.10. The zero-order valence-corrected chi connectivity index (χ0v) is 12.4. The van der Waals surface area contributed by atoms with Crippen LogP contribution in [0.25, 0.3) is 0 Å². The highest BCUT2D eigenvalue weighted by Crippen LogP contribution is 2.34. The highest BCUT2D eigenvalue weighted by Gasteiger charge is 2.33. The molecule has 1 amide bonds. The maximum Gasteiger partial charge on any atom is 0.305 e. The van der Waals surface area contributed by atoms with Crippen LogP contribution >= 0.6 is 0 Å². The van der Waals surface area contributed by atoms with Crippen molar-refractivity contribution >= 4 is 21.7 Å². The Hall–Kier alpha value is -1.89. The predicted molar refractivity (Wildman–Crippen MR) is 75.8 cm³/mol. The van der Waals surface area contributed by atoms with E-state index in [-0.39, 0.29) is 29.2 Å². The van der Waals surface area contributed by atoms with E-state index in [1.54, 1.807) is 0 Å². The fourth-order valence-corrected chi connectivity index (χ4v) is 2.76. The van der Waals surface area contributed by atoms with E-state index < -0.39 is 15.8 Å². The number of benzene rings is 1. The Morgan fingerprint density at radius 2 is 1.86 bits per heavy atom. The first kappa shape index (κ1) is 15.5. The number of carbonyl (C=O) groups excluding carboxylic acids is 1. The molecule has 2 rings (SSSR count). The van der Waals surface area contributed by atoms with Gasteiger partial charge in [0.2, 0.25) is 0 Å². The van der Waals surface area contributed by atoms with E-state index in [1.807, 2.05) is 0 Å². The van der Waals surface area contributed by atoms with Gasteiger partial charge in [0.05, 0.1) is 11.3 Å². The number of carbonyl (C=O) groups is 2. The molecule has 1 aromatic rings. The SMILES string of the molecule is CS(=O)(=O)c1ccc(C(=O)NC(CC(=O)O)C2CC2)cc1. The molecule has 0 spiro atoms. The van der Waals surface area contributed by atoms with Crippen LogP contribution in [-0.2, 0) is 14.6 Å². The van der Waals surface area contributed by atoms with E-state index in [0.29, 0.717) is 5.56 Å². The van der Waals surface area contributed by atoms with Crippen molar-refractivity contribution in [2.75, 3.05) is 6.26 Å². The molecule has 21 heavy (non-hydrogen) atoms. The van der Waals surface area contributed by atoms with Crippen LogP contribution < -0.4 is 5.32 Å². The molecule has 1 aromatic carbocycles. The van der Waals surface area contributed by atoms with E-state index in [4.69, 9.17) is 5.11 Å². The van der Waals surface area contributed by atoms with Gasteiger partial charge in [-0.15, -0.1) is 0 Å². The van der Waals surface area contributed by atoms with E-state index in [9.17, 15) is 18.0 Å². The maximum atomic E-state index is 12.1. The van der Waals surface area contributed by atoms with Crippen molar-refractivity contribution in [1.29, 1.82) is 0 Å². The third kappa shape index (κ3) is 4.29. The number of hydrogen-bond acceptors (Lipinski definition) is 4. The van der Waals surface area contributed by atoms with Gasteiger partial charge >= 0.3 is 5.97 Å². The molecule has 0 aromatic heterocycles. The molecule has 0 radical (unpaired) electrons. The molecule has 7 heteroatoms. The van der Waals surface area contributed by atoms with Crippen molar-refractivity contribution in [2.24, 2.45) is 5.92 Å². The van der Waals surface area contributed by atoms with Crippen LogP contribution in [0.5, 0.6) is 0 Å². The topological polar surface area (TPSA) is 101 Å². The summed E-state index contributed by atoms with van der Waals surface area (Å²) in [6.07, 6.45) is 2.84. The number of amides is 1. The molecule has 0 saturated heterocycles. The third-order valence-electron chi connectivity index (χ3n) is 3.45. The number of nitrogens with one attached hydrogen (secondary N) is 1. The Morgan fingerprint density at radius 3 is 2.29 bits per heavy atom. The minimum atomic E-state index is -3.30. The lowest BCUT2D eigenvalue weighted by Gasteiger charge is -2.16. The van der Waals surface area contributed by atoms with E-state index >= 15 is 0 Å². The van der Waals surface area contributed by atoms with Crippen LogP contribution in [0.15, 0.2) is 29.2 Å². The zero-order chi connectivity index (χ0) is 15.6. The second kappa shape index (κ2) is 5.85. The summed E-state index contributed by atoms with van der Waals surface area (Å²) in [6, 6.07) is 5.22. The van der Waals surface area contributed by atoms with E-state index in [0.717, 1.165) is 19.1 Å². The lowest BCUT2D eigenvalue weighted by molar-refractivity contribution is -0.137. The molecule has 1 aliphatic rings. The lowest BCUT2D eigenvalue weighted by atomic mass is 10.1. The van der Waals surface area contributed by atoms with E-state index in [2.05, 4.69) is 5.32 Å². The second-order valence-electron chi connectivity index (χ2n) is 5.31. The van der Waals surface area contributed by atoms with E-state index in [1.165, 1.54) is 24.3 Å². The predicted octanol–water partition coefficient (Wildman–Crippen LogP) is 1.07. The van der Waals surface area contributed by atoms with Gasteiger partial charge in [0.1, 0.15) is 0 Å². The molecule has 0 heterocycles. The molecule has 6 nitrogen and oxygen atoms in total. The second-order valence-corrected chi connectivity index (χ2v) is 7.33. The van der Waals surface area contributed by atoms with Gasteiger partial charge in [-0.05, 0) is 43.0 Å². The number of carboxylic acid groups (broad SMARTS) is 1. The van der Waals surface area contributed by atoms with Crippen molar-refractivity contribution in [3.8, 4) is 0 Å². The first-order chi connectivity index (χ1) is 9.77. The van der Waals surface area contributed by atoms with Crippen LogP contribution in [0.1, 0.15) is 29.6 Å². The number of sulfone groups is 1. The molecular formula is C14H17NO5S. The number of rotatable bonds is 6. The van der Waals surface area contributed by atoms with Crippen molar-refractivity contribution in [3.63, 3.8) is 0 Å². The maximum absolute atomic E-state index is 12.1. The van der Waals surface area contributed by atoms with Gasteiger partial charge in [0.15, 0.2) is 9.84 Å². The smallest absolute Gasteiger partial charge is 0.305 e. The van der Waals surface area contributed by atoms with Crippen LogP contribution in [0.2, 0.25) is 0 Å². The quantitative estimate of drug-likeness (QED) is 0.818. The van der Waals surface area contributed by atoms with Crippen LogP contribution in [0.4, 0.5) is 0 Å². The first-order valence-corrected chi connectivity index (χ1v) is 8.49. The zero-order valence-electron chi connectivity index (χ0n) is 11.6. The van der Waals surface area contributed by atoms with Gasteiger partial charge in [-0.1, -0.05) is 0 Å².